The van der Waals surface area contributed by atoms with Crippen LogP contribution in [-0.4, -0.2) is 37.8 Å². The molecule has 1 aromatic heterocycles. The predicted molar refractivity (Wildman–Crippen MR) is 121 cm³/mol. The molecule has 30 heavy (non-hydrogen) atoms. The number of benzene rings is 2. The molecular formula is C23H27N3O3S. The van der Waals surface area contributed by atoms with Gasteiger partial charge in [-0.05, 0) is 67.9 Å². The third kappa shape index (κ3) is 5.51. The largest absolute Gasteiger partial charge is 0.497 e. The van der Waals surface area contributed by atoms with Crippen molar-refractivity contribution in [3.63, 3.8) is 0 Å². The van der Waals surface area contributed by atoms with Crippen LogP contribution in [0.3, 0.4) is 0 Å². The molecule has 0 bridgehead atoms. The van der Waals surface area contributed by atoms with Crippen LogP contribution in [0.1, 0.15) is 18.9 Å². The standard InChI is InChI=1S/C23H27N3O3S/c1-15(2)25-23(27)24-14-13-20-26-21(16-5-9-18(28-3)10-6-16)22(30-20)17-7-11-19(29-4)12-8-17/h5-12,15H,13-14H2,1-4H3,(H2,24,25,27). The molecule has 2 N–H and O–H groups in total. The topological polar surface area (TPSA) is 72.5 Å². The molecule has 0 spiro atoms. The molecule has 0 aliphatic rings. The van der Waals surface area contributed by atoms with E-state index in [1.54, 1.807) is 25.6 Å². The van der Waals surface area contributed by atoms with E-state index in [9.17, 15) is 4.79 Å². The van der Waals surface area contributed by atoms with Gasteiger partial charge in [0.25, 0.3) is 0 Å². The number of methoxy groups -OCH3 is 2. The number of hydrogen-bond donors (Lipinski definition) is 2. The van der Waals surface area contributed by atoms with E-state index in [1.807, 2.05) is 62.4 Å². The van der Waals surface area contributed by atoms with Gasteiger partial charge in [-0.2, -0.15) is 0 Å². The first-order valence-corrected chi connectivity index (χ1v) is 10.6. The number of nitrogens with one attached hydrogen (secondary N) is 2. The number of aromatic nitrogens is 1. The van der Waals surface area contributed by atoms with Gasteiger partial charge in [-0.3, -0.25) is 0 Å². The number of thiazole rings is 1. The molecule has 2 aromatic carbocycles. The minimum Gasteiger partial charge on any atom is -0.497 e. The molecule has 0 atom stereocenters. The van der Waals surface area contributed by atoms with Crippen LogP contribution in [-0.2, 0) is 6.42 Å². The normalized spacial score (nSPS) is 10.7. The number of ether oxygens (including phenoxy) is 2. The lowest BCUT2D eigenvalue weighted by Gasteiger charge is -2.09. The van der Waals surface area contributed by atoms with Crippen molar-refractivity contribution in [2.24, 2.45) is 0 Å². The summed E-state index contributed by atoms with van der Waals surface area (Å²) in [6.07, 6.45) is 0.662. The van der Waals surface area contributed by atoms with Gasteiger partial charge in [0, 0.05) is 24.6 Å². The minimum atomic E-state index is -0.160. The lowest BCUT2D eigenvalue weighted by molar-refractivity contribution is 0.238. The van der Waals surface area contributed by atoms with Crippen LogP contribution in [0.4, 0.5) is 4.79 Å². The van der Waals surface area contributed by atoms with E-state index < -0.39 is 0 Å². The Balaban J connectivity index is 1.85. The van der Waals surface area contributed by atoms with Crippen LogP contribution in [0.5, 0.6) is 11.5 Å². The summed E-state index contributed by atoms with van der Waals surface area (Å²) >= 11 is 1.64. The van der Waals surface area contributed by atoms with E-state index in [1.165, 1.54) is 0 Å². The number of rotatable bonds is 8. The summed E-state index contributed by atoms with van der Waals surface area (Å²) in [6, 6.07) is 15.8. The van der Waals surface area contributed by atoms with Crippen LogP contribution in [0, 0.1) is 0 Å². The number of urea groups is 1. The molecule has 0 radical (unpaired) electrons. The molecule has 3 rings (SSSR count). The lowest BCUT2D eigenvalue weighted by Crippen LogP contribution is -2.40. The average Bonchev–Trinajstić information content (AvgIpc) is 3.17. The fourth-order valence-corrected chi connectivity index (χ4v) is 4.04. The van der Waals surface area contributed by atoms with Gasteiger partial charge < -0.3 is 20.1 Å². The number of amides is 2. The van der Waals surface area contributed by atoms with Gasteiger partial charge in [0.15, 0.2) is 0 Å². The molecule has 7 heteroatoms. The Hall–Kier alpha value is -3.06. The monoisotopic (exact) mass is 425 g/mol. The van der Waals surface area contributed by atoms with Crippen molar-refractivity contribution >= 4 is 17.4 Å². The Morgan fingerprint density at radius 1 is 0.967 bits per heavy atom. The first-order chi connectivity index (χ1) is 14.5. The van der Waals surface area contributed by atoms with Crippen molar-refractivity contribution in [2.75, 3.05) is 20.8 Å². The SMILES string of the molecule is COc1ccc(-c2nc(CCNC(=O)NC(C)C)sc2-c2ccc(OC)cc2)cc1. The molecule has 6 nitrogen and oxygen atoms in total. The van der Waals surface area contributed by atoms with E-state index in [2.05, 4.69) is 10.6 Å². The van der Waals surface area contributed by atoms with E-state index in [4.69, 9.17) is 14.5 Å². The quantitative estimate of drug-likeness (QED) is 0.547. The summed E-state index contributed by atoms with van der Waals surface area (Å²) in [5.41, 5.74) is 3.03. The van der Waals surface area contributed by atoms with Crippen molar-refractivity contribution in [3.05, 3.63) is 53.5 Å². The van der Waals surface area contributed by atoms with E-state index >= 15 is 0 Å². The van der Waals surface area contributed by atoms with Gasteiger partial charge in [0.1, 0.15) is 11.5 Å². The molecule has 0 fully saturated rings. The third-order valence-electron chi connectivity index (χ3n) is 4.43. The Morgan fingerprint density at radius 3 is 2.07 bits per heavy atom. The second-order valence-electron chi connectivity index (χ2n) is 7.05. The molecule has 158 valence electrons. The van der Waals surface area contributed by atoms with Gasteiger partial charge in [0.2, 0.25) is 0 Å². The molecule has 0 aliphatic heterocycles. The maximum atomic E-state index is 11.8. The van der Waals surface area contributed by atoms with E-state index in [0.717, 1.165) is 38.2 Å². The Morgan fingerprint density at radius 2 is 1.53 bits per heavy atom. The highest BCUT2D eigenvalue weighted by Gasteiger charge is 2.15. The van der Waals surface area contributed by atoms with Crippen LogP contribution in [0.25, 0.3) is 21.7 Å². The molecule has 0 aliphatic carbocycles. The van der Waals surface area contributed by atoms with Gasteiger partial charge in [-0.1, -0.05) is 0 Å². The molecular weight excluding hydrogens is 398 g/mol. The van der Waals surface area contributed by atoms with E-state index in [0.29, 0.717) is 13.0 Å². The number of nitrogens with zero attached hydrogens (tertiary/aromatic N) is 1. The van der Waals surface area contributed by atoms with Crippen molar-refractivity contribution in [1.82, 2.24) is 15.6 Å². The van der Waals surface area contributed by atoms with Gasteiger partial charge in [-0.15, -0.1) is 11.3 Å². The Bertz CT molecular complexity index is 901. The molecule has 0 saturated carbocycles. The van der Waals surface area contributed by atoms with Crippen molar-refractivity contribution in [3.8, 4) is 33.2 Å². The summed E-state index contributed by atoms with van der Waals surface area (Å²) in [4.78, 5) is 17.8. The fraction of sp³-hybridized carbons (Fsp3) is 0.304. The Labute approximate surface area is 181 Å². The van der Waals surface area contributed by atoms with Crippen molar-refractivity contribution in [2.45, 2.75) is 26.3 Å². The second-order valence-corrected chi connectivity index (χ2v) is 8.13. The number of carbonyl (C=O) groups is 1. The third-order valence-corrected chi connectivity index (χ3v) is 5.60. The Kier molecular flexibility index (Phi) is 7.30. The molecule has 1 heterocycles. The molecule has 2 amide bonds. The zero-order chi connectivity index (χ0) is 21.5. The number of carbonyl (C=O) groups excluding carboxylic acids is 1. The first kappa shape index (κ1) is 21.6. The van der Waals surface area contributed by atoms with Gasteiger partial charge in [-0.25, -0.2) is 9.78 Å². The van der Waals surface area contributed by atoms with Gasteiger partial charge in [0.05, 0.1) is 29.8 Å². The van der Waals surface area contributed by atoms with Crippen LogP contribution in [0.2, 0.25) is 0 Å². The summed E-state index contributed by atoms with van der Waals surface area (Å²) < 4.78 is 10.6. The van der Waals surface area contributed by atoms with Crippen molar-refractivity contribution < 1.29 is 14.3 Å². The van der Waals surface area contributed by atoms with Crippen molar-refractivity contribution in [1.29, 1.82) is 0 Å². The molecule has 3 aromatic rings. The summed E-state index contributed by atoms with van der Waals surface area (Å²) in [7, 11) is 3.31. The summed E-state index contributed by atoms with van der Waals surface area (Å²) in [6.45, 7) is 4.39. The van der Waals surface area contributed by atoms with E-state index in [-0.39, 0.29) is 12.1 Å². The maximum Gasteiger partial charge on any atom is 0.314 e. The average molecular weight is 426 g/mol. The molecule has 0 unspecified atom stereocenters. The summed E-state index contributed by atoms with van der Waals surface area (Å²) in [5, 5.41) is 6.68. The van der Waals surface area contributed by atoms with Crippen LogP contribution >= 0.6 is 11.3 Å². The lowest BCUT2D eigenvalue weighted by atomic mass is 10.1. The van der Waals surface area contributed by atoms with Crippen LogP contribution in [0.15, 0.2) is 48.5 Å². The summed E-state index contributed by atoms with van der Waals surface area (Å²) in [5.74, 6) is 1.62. The number of hydrogen-bond acceptors (Lipinski definition) is 5. The smallest absolute Gasteiger partial charge is 0.314 e. The predicted octanol–water partition coefficient (Wildman–Crippen LogP) is 4.74. The zero-order valence-electron chi connectivity index (χ0n) is 17.7. The van der Waals surface area contributed by atoms with Gasteiger partial charge >= 0.3 is 6.03 Å². The molecule has 0 saturated heterocycles. The highest BCUT2D eigenvalue weighted by Crippen LogP contribution is 2.38. The first-order valence-electron chi connectivity index (χ1n) is 9.83. The minimum absolute atomic E-state index is 0.105. The highest BCUT2D eigenvalue weighted by atomic mass is 32.1. The fourth-order valence-electron chi connectivity index (χ4n) is 2.95. The highest BCUT2D eigenvalue weighted by molar-refractivity contribution is 7.15. The zero-order valence-corrected chi connectivity index (χ0v) is 18.5. The second kappa shape index (κ2) is 10.1. The maximum absolute atomic E-state index is 11.8. The van der Waals surface area contributed by atoms with Crippen LogP contribution < -0.4 is 20.1 Å².